The average molecular weight is 346 g/mol. The van der Waals surface area contributed by atoms with Crippen LogP contribution in [0.2, 0.25) is 15.1 Å². The number of nitrogens with one attached hydrogen (secondary N) is 1. The first-order valence-corrected chi connectivity index (χ1v) is 7.51. The molecule has 2 aromatic carbocycles. The molecule has 2 rings (SSSR count). The normalized spacial score (nSPS) is 12.2. The minimum atomic E-state index is -0.113. The number of hydrogen-bond donors (Lipinski definition) is 2. The Kier molecular flexibility index (Phi) is 6.15. The van der Waals surface area contributed by atoms with E-state index in [9.17, 15) is 0 Å². The van der Waals surface area contributed by atoms with Gasteiger partial charge in [-0.25, -0.2) is 0 Å². The summed E-state index contributed by atoms with van der Waals surface area (Å²) in [6.45, 7) is 0.389. The van der Waals surface area contributed by atoms with Crippen LogP contribution < -0.4 is 16.0 Å². The van der Waals surface area contributed by atoms with Gasteiger partial charge in [0.25, 0.3) is 0 Å². The molecule has 6 heteroatoms. The Balaban J connectivity index is 1.98. The van der Waals surface area contributed by atoms with Crippen LogP contribution in [0.4, 0.5) is 0 Å². The van der Waals surface area contributed by atoms with E-state index in [-0.39, 0.29) is 6.04 Å². The summed E-state index contributed by atoms with van der Waals surface area (Å²) in [5.41, 5.74) is 3.57. The highest BCUT2D eigenvalue weighted by Crippen LogP contribution is 2.25. The molecule has 0 amide bonds. The summed E-state index contributed by atoms with van der Waals surface area (Å²) in [4.78, 5) is 0. The maximum Gasteiger partial charge on any atom is 0.119 e. The Morgan fingerprint density at radius 2 is 1.62 bits per heavy atom. The molecule has 0 fully saturated rings. The Labute approximate surface area is 138 Å². The molecule has 3 N–H and O–H groups in total. The first kappa shape index (κ1) is 16.4. The third kappa shape index (κ3) is 4.77. The van der Waals surface area contributed by atoms with Crippen molar-refractivity contribution in [2.24, 2.45) is 5.84 Å². The van der Waals surface area contributed by atoms with E-state index in [1.165, 1.54) is 0 Å². The lowest BCUT2D eigenvalue weighted by Crippen LogP contribution is -2.41. The smallest absolute Gasteiger partial charge is 0.119 e. The molecule has 2 aromatic rings. The lowest BCUT2D eigenvalue weighted by molar-refractivity contribution is 0.264. The van der Waals surface area contributed by atoms with Crippen LogP contribution in [0.5, 0.6) is 5.75 Å². The molecule has 0 aliphatic heterocycles. The second-order valence-electron chi connectivity index (χ2n) is 4.53. The van der Waals surface area contributed by atoms with Gasteiger partial charge < -0.3 is 4.74 Å². The number of rotatable bonds is 6. The van der Waals surface area contributed by atoms with Gasteiger partial charge in [0.05, 0.1) is 6.04 Å². The predicted molar refractivity (Wildman–Crippen MR) is 88.2 cm³/mol. The van der Waals surface area contributed by atoms with Crippen LogP contribution in [0.1, 0.15) is 5.56 Å². The minimum absolute atomic E-state index is 0.113. The van der Waals surface area contributed by atoms with Crippen molar-refractivity contribution in [2.45, 2.75) is 12.5 Å². The van der Waals surface area contributed by atoms with Crippen molar-refractivity contribution < 1.29 is 4.74 Å². The van der Waals surface area contributed by atoms with Crippen molar-refractivity contribution in [3.63, 3.8) is 0 Å². The van der Waals surface area contributed by atoms with Crippen LogP contribution in [0.15, 0.2) is 42.5 Å². The summed E-state index contributed by atoms with van der Waals surface area (Å²) in [6, 6.07) is 12.4. The molecular formula is C15H15Cl3N2O. The Morgan fingerprint density at radius 1 is 1.00 bits per heavy atom. The summed E-state index contributed by atoms with van der Waals surface area (Å²) in [7, 11) is 0. The predicted octanol–water partition coefficient (Wildman–Crippen LogP) is 4.10. The van der Waals surface area contributed by atoms with Crippen molar-refractivity contribution in [2.75, 3.05) is 6.61 Å². The molecule has 0 heterocycles. The van der Waals surface area contributed by atoms with E-state index < -0.39 is 0 Å². The van der Waals surface area contributed by atoms with Crippen LogP contribution in [0, 0.1) is 0 Å². The SMILES string of the molecule is NNC(COc1ccc(Cl)cc1)Cc1c(Cl)cccc1Cl. The molecule has 0 bridgehead atoms. The second kappa shape index (κ2) is 7.87. The molecule has 0 saturated heterocycles. The van der Waals surface area contributed by atoms with Gasteiger partial charge in [-0.2, -0.15) is 0 Å². The van der Waals surface area contributed by atoms with Gasteiger partial charge >= 0.3 is 0 Å². The fraction of sp³-hybridized carbons (Fsp3) is 0.200. The van der Waals surface area contributed by atoms with Crippen molar-refractivity contribution in [3.8, 4) is 5.75 Å². The highest BCUT2D eigenvalue weighted by atomic mass is 35.5. The molecule has 21 heavy (non-hydrogen) atoms. The van der Waals surface area contributed by atoms with E-state index >= 15 is 0 Å². The number of ether oxygens (including phenoxy) is 1. The standard InChI is InChI=1S/C15H15Cl3N2O/c16-10-4-6-12(7-5-10)21-9-11(20-19)8-13-14(17)2-1-3-15(13)18/h1-7,11,20H,8-9,19H2. The van der Waals surface area contributed by atoms with Crippen molar-refractivity contribution in [3.05, 3.63) is 63.1 Å². The average Bonchev–Trinajstić information content (AvgIpc) is 2.48. The molecule has 0 aromatic heterocycles. The zero-order valence-electron chi connectivity index (χ0n) is 11.2. The van der Waals surface area contributed by atoms with Gasteiger partial charge in [-0.15, -0.1) is 0 Å². The summed E-state index contributed by atoms with van der Waals surface area (Å²) >= 11 is 18.1. The molecule has 1 unspecified atom stereocenters. The van der Waals surface area contributed by atoms with Gasteiger partial charge in [-0.3, -0.25) is 11.3 Å². The number of benzene rings is 2. The van der Waals surface area contributed by atoms with Gasteiger partial charge in [-0.05, 0) is 48.4 Å². The zero-order valence-corrected chi connectivity index (χ0v) is 13.4. The van der Waals surface area contributed by atoms with Crippen LogP contribution in [-0.4, -0.2) is 12.6 Å². The van der Waals surface area contributed by atoms with E-state index in [4.69, 9.17) is 45.4 Å². The largest absolute Gasteiger partial charge is 0.492 e. The van der Waals surface area contributed by atoms with Crippen molar-refractivity contribution >= 4 is 34.8 Å². The first-order chi connectivity index (χ1) is 10.1. The topological polar surface area (TPSA) is 47.3 Å². The summed E-state index contributed by atoms with van der Waals surface area (Å²) in [6.07, 6.45) is 0.572. The number of hydrogen-bond acceptors (Lipinski definition) is 3. The monoisotopic (exact) mass is 344 g/mol. The van der Waals surface area contributed by atoms with E-state index in [1.807, 2.05) is 6.07 Å². The lowest BCUT2D eigenvalue weighted by atomic mass is 10.1. The number of hydrazine groups is 1. The molecule has 0 saturated carbocycles. The van der Waals surface area contributed by atoms with Gasteiger partial charge in [0.15, 0.2) is 0 Å². The quantitative estimate of drug-likeness (QED) is 0.612. The van der Waals surface area contributed by atoms with E-state index in [1.54, 1.807) is 36.4 Å². The van der Waals surface area contributed by atoms with Gasteiger partial charge in [0.2, 0.25) is 0 Å². The lowest BCUT2D eigenvalue weighted by Gasteiger charge is -2.18. The number of halogens is 3. The molecule has 1 atom stereocenters. The minimum Gasteiger partial charge on any atom is -0.492 e. The van der Waals surface area contributed by atoms with Crippen LogP contribution >= 0.6 is 34.8 Å². The maximum atomic E-state index is 6.16. The van der Waals surface area contributed by atoms with Crippen LogP contribution in [0.3, 0.4) is 0 Å². The Hall–Kier alpha value is -0.970. The van der Waals surface area contributed by atoms with Crippen LogP contribution in [-0.2, 0) is 6.42 Å². The highest BCUT2D eigenvalue weighted by Gasteiger charge is 2.14. The second-order valence-corrected chi connectivity index (χ2v) is 5.78. The summed E-state index contributed by atoms with van der Waals surface area (Å²) < 4.78 is 5.68. The maximum absolute atomic E-state index is 6.16. The van der Waals surface area contributed by atoms with E-state index in [2.05, 4.69) is 5.43 Å². The molecule has 0 aliphatic carbocycles. The molecule has 0 radical (unpaired) electrons. The zero-order chi connectivity index (χ0) is 15.2. The molecule has 112 valence electrons. The first-order valence-electron chi connectivity index (χ1n) is 6.37. The van der Waals surface area contributed by atoms with Gasteiger partial charge in [0, 0.05) is 15.1 Å². The summed E-state index contributed by atoms with van der Waals surface area (Å²) in [5.74, 6) is 6.30. The van der Waals surface area contributed by atoms with Crippen molar-refractivity contribution in [1.82, 2.24) is 5.43 Å². The fourth-order valence-corrected chi connectivity index (χ4v) is 2.55. The van der Waals surface area contributed by atoms with Gasteiger partial charge in [0.1, 0.15) is 12.4 Å². The van der Waals surface area contributed by atoms with Crippen LogP contribution in [0.25, 0.3) is 0 Å². The van der Waals surface area contributed by atoms with E-state index in [0.717, 1.165) is 11.3 Å². The van der Waals surface area contributed by atoms with Gasteiger partial charge in [-0.1, -0.05) is 40.9 Å². The summed E-state index contributed by atoms with van der Waals surface area (Å²) in [5, 5.41) is 1.90. The Morgan fingerprint density at radius 3 is 2.19 bits per heavy atom. The number of nitrogens with two attached hydrogens (primary N) is 1. The Bertz CT molecular complexity index is 570. The third-order valence-electron chi connectivity index (χ3n) is 3.01. The molecule has 0 spiro atoms. The molecule has 0 aliphatic rings. The molecule has 3 nitrogen and oxygen atoms in total. The van der Waals surface area contributed by atoms with Crippen molar-refractivity contribution in [1.29, 1.82) is 0 Å². The fourth-order valence-electron chi connectivity index (χ4n) is 1.87. The van der Waals surface area contributed by atoms with E-state index in [0.29, 0.717) is 28.1 Å². The highest BCUT2D eigenvalue weighted by molar-refractivity contribution is 6.36. The molecular weight excluding hydrogens is 331 g/mol. The third-order valence-corrected chi connectivity index (χ3v) is 3.97.